The molecule has 0 radical (unpaired) electrons. The standard InChI is InChI=1S/C11H13N5O2S/c1-16(8-9-2-4-13-5-3-9)19(17,18)10-6-14-11(12)15-7-10/h2-7H,8H2,1H3,(H2,12,14,15). The molecule has 0 unspecified atom stereocenters. The predicted octanol–water partition coefficient (Wildman–Crippen LogP) is 0.274. The highest BCUT2D eigenvalue weighted by atomic mass is 32.2. The lowest BCUT2D eigenvalue weighted by atomic mass is 10.3. The number of rotatable bonds is 4. The van der Waals surface area contributed by atoms with E-state index in [0.29, 0.717) is 0 Å². The largest absolute Gasteiger partial charge is 0.368 e. The van der Waals surface area contributed by atoms with Gasteiger partial charge < -0.3 is 5.73 Å². The van der Waals surface area contributed by atoms with Crippen LogP contribution in [0.25, 0.3) is 0 Å². The highest BCUT2D eigenvalue weighted by Crippen LogP contribution is 2.15. The van der Waals surface area contributed by atoms with Crippen LogP contribution in [-0.4, -0.2) is 34.7 Å². The minimum absolute atomic E-state index is 0.0123. The normalized spacial score (nSPS) is 11.7. The number of hydrogen-bond acceptors (Lipinski definition) is 6. The molecule has 100 valence electrons. The van der Waals surface area contributed by atoms with E-state index in [1.165, 1.54) is 23.7 Å². The summed E-state index contributed by atoms with van der Waals surface area (Å²) in [6, 6.07) is 3.51. The molecule has 0 aliphatic carbocycles. The fourth-order valence-corrected chi connectivity index (χ4v) is 2.52. The van der Waals surface area contributed by atoms with Crippen molar-refractivity contribution in [2.24, 2.45) is 0 Å². The zero-order valence-corrected chi connectivity index (χ0v) is 11.1. The van der Waals surface area contributed by atoms with Crippen molar-refractivity contribution in [3.63, 3.8) is 0 Å². The molecule has 7 nitrogen and oxygen atoms in total. The first-order valence-corrected chi connectivity index (χ1v) is 6.87. The first-order valence-electron chi connectivity index (χ1n) is 5.43. The maximum Gasteiger partial charge on any atom is 0.246 e. The second kappa shape index (κ2) is 5.29. The van der Waals surface area contributed by atoms with Crippen molar-refractivity contribution in [2.75, 3.05) is 12.8 Å². The van der Waals surface area contributed by atoms with E-state index in [2.05, 4.69) is 15.0 Å². The van der Waals surface area contributed by atoms with Crippen LogP contribution in [0.5, 0.6) is 0 Å². The van der Waals surface area contributed by atoms with E-state index in [0.717, 1.165) is 5.56 Å². The van der Waals surface area contributed by atoms with Crippen LogP contribution in [0.15, 0.2) is 41.8 Å². The first-order chi connectivity index (χ1) is 9.00. The van der Waals surface area contributed by atoms with Crippen molar-refractivity contribution in [1.29, 1.82) is 0 Å². The molecule has 0 fully saturated rings. The Bertz CT molecular complexity index is 643. The highest BCUT2D eigenvalue weighted by Gasteiger charge is 2.21. The molecule has 0 aliphatic heterocycles. The van der Waals surface area contributed by atoms with Gasteiger partial charge in [-0.2, -0.15) is 4.31 Å². The molecular weight excluding hydrogens is 266 g/mol. The van der Waals surface area contributed by atoms with Gasteiger partial charge in [-0.05, 0) is 17.7 Å². The summed E-state index contributed by atoms with van der Waals surface area (Å²) in [6.07, 6.45) is 5.62. The Kier molecular flexibility index (Phi) is 3.72. The molecule has 0 aromatic carbocycles. The number of hydrogen-bond donors (Lipinski definition) is 1. The van der Waals surface area contributed by atoms with Gasteiger partial charge in [-0.3, -0.25) is 4.98 Å². The topological polar surface area (TPSA) is 102 Å². The monoisotopic (exact) mass is 279 g/mol. The molecule has 0 bridgehead atoms. The van der Waals surface area contributed by atoms with Crippen LogP contribution in [-0.2, 0) is 16.6 Å². The van der Waals surface area contributed by atoms with Crippen molar-refractivity contribution >= 4 is 16.0 Å². The number of nitrogens with two attached hydrogens (primary N) is 1. The SMILES string of the molecule is CN(Cc1ccncc1)S(=O)(=O)c1cnc(N)nc1. The molecule has 2 N–H and O–H groups in total. The van der Waals surface area contributed by atoms with Gasteiger partial charge in [0.1, 0.15) is 4.90 Å². The van der Waals surface area contributed by atoms with Crippen LogP contribution in [0.3, 0.4) is 0 Å². The van der Waals surface area contributed by atoms with Crippen LogP contribution in [0.2, 0.25) is 0 Å². The fraction of sp³-hybridized carbons (Fsp3) is 0.182. The van der Waals surface area contributed by atoms with Crippen molar-refractivity contribution < 1.29 is 8.42 Å². The van der Waals surface area contributed by atoms with Crippen molar-refractivity contribution in [2.45, 2.75) is 11.4 Å². The Hall–Kier alpha value is -2.06. The molecule has 2 heterocycles. The second-order valence-electron chi connectivity index (χ2n) is 3.89. The van der Waals surface area contributed by atoms with Gasteiger partial charge in [0.2, 0.25) is 16.0 Å². The van der Waals surface area contributed by atoms with E-state index < -0.39 is 10.0 Å². The van der Waals surface area contributed by atoms with E-state index >= 15 is 0 Å². The molecule has 2 aromatic heterocycles. The van der Waals surface area contributed by atoms with Crippen LogP contribution in [0.4, 0.5) is 5.95 Å². The zero-order valence-electron chi connectivity index (χ0n) is 10.3. The van der Waals surface area contributed by atoms with Gasteiger partial charge in [0.15, 0.2) is 0 Å². The molecule has 0 spiro atoms. The van der Waals surface area contributed by atoms with Gasteiger partial charge in [-0.15, -0.1) is 0 Å². The average molecular weight is 279 g/mol. The summed E-state index contributed by atoms with van der Waals surface area (Å²) in [5.41, 5.74) is 6.18. The van der Waals surface area contributed by atoms with Gasteiger partial charge in [-0.25, -0.2) is 18.4 Å². The lowest BCUT2D eigenvalue weighted by Gasteiger charge is -2.16. The zero-order chi connectivity index (χ0) is 13.9. The maximum atomic E-state index is 12.2. The molecule has 0 saturated carbocycles. The molecule has 0 saturated heterocycles. The lowest BCUT2D eigenvalue weighted by Crippen LogP contribution is -2.26. The summed E-state index contributed by atoms with van der Waals surface area (Å²) in [4.78, 5) is 11.3. The van der Waals surface area contributed by atoms with Gasteiger partial charge in [0, 0.05) is 26.0 Å². The third-order valence-electron chi connectivity index (χ3n) is 2.51. The minimum Gasteiger partial charge on any atom is -0.368 e. The van der Waals surface area contributed by atoms with Crippen LogP contribution in [0, 0.1) is 0 Å². The van der Waals surface area contributed by atoms with Crippen molar-refractivity contribution in [3.05, 3.63) is 42.5 Å². The van der Waals surface area contributed by atoms with Crippen LogP contribution >= 0.6 is 0 Å². The Morgan fingerprint density at radius 3 is 2.37 bits per heavy atom. The van der Waals surface area contributed by atoms with E-state index in [1.807, 2.05) is 0 Å². The lowest BCUT2D eigenvalue weighted by molar-refractivity contribution is 0.466. The van der Waals surface area contributed by atoms with E-state index in [9.17, 15) is 8.42 Å². The predicted molar refractivity (Wildman–Crippen MR) is 69.3 cm³/mol. The summed E-state index contributed by atoms with van der Waals surface area (Å²) in [5, 5.41) is 0. The van der Waals surface area contributed by atoms with E-state index in [1.54, 1.807) is 24.5 Å². The number of nitrogen functional groups attached to an aromatic ring is 1. The average Bonchev–Trinajstić information content (AvgIpc) is 2.40. The first kappa shape index (κ1) is 13.4. The molecule has 0 aliphatic rings. The Morgan fingerprint density at radius 2 is 1.79 bits per heavy atom. The smallest absolute Gasteiger partial charge is 0.246 e. The Labute approximate surface area is 111 Å². The minimum atomic E-state index is -3.62. The Balaban J connectivity index is 2.22. The van der Waals surface area contributed by atoms with Gasteiger partial charge >= 0.3 is 0 Å². The van der Waals surface area contributed by atoms with E-state index in [4.69, 9.17) is 5.73 Å². The van der Waals surface area contributed by atoms with Gasteiger partial charge in [-0.1, -0.05) is 0 Å². The summed E-state index contributed by atoms with van der Waals surface area (Å²) < 4.78 is 25.7. The quantitative estimate of drug-likeness (QED) is 0.862. The molecular formula is C11H13N5O2S. The summed E-state index contributed by atoms with van der Waals surface area (Å²) >= 11 is 0. The molecule has 8 heteroatoms. The van der Waals surface area contributed by atoms with Gasteiger partial charge in [0.05, 0.1) is 12.4 Å². The number of anilines is 1. The third-order valence-corrected chi connectivity index (χ3v) is 4.27. The van der Waals surface area contributed by atoms with Crippen molar-refractivity contribution in [3.8, 4) is 0 Å². The Morgan fingerprint density at radius 1 is 1.21 bits per heavy atom. The summed E-state index contributed by atoms with van der Waals surface area (Å²) in [6.45, 7) is 0.245. The summed E-state index contributed by atoms with van der Waals surface area (Å²) in [5.74, 6) is 0.0377. The molecule has 0 amide bonds. The van der Waals surface area contributed by atoms with Crippen molar-refractivity contribution in [1.82, 2.24) is 19.3 Å². The number of nitrogens with zero attached hydrogens (tertiary/aromatic N) is 4. The second-order valence-corrected chi connectivity index (χ2v) is 5.94. The number of pyridine rings is 1. The highest BCUT2D eigenvalue weighted by molar-refractivity contribution is 7.89. The van der Waals surface area contributed by atoms with Gasteiger partial charge in [0.25, 0.3) is 0 Å². The molecule has 19 heavy (non-hydrogen) atoms. The summed E-state index contributed by atoms with van der Waals surface area (Å²) in [7, 11) is -2.13. The molecule has 2 aromatic rings. The van der Waals surface area contributed by atoms with E-state index in [-0.39, 0.29) is 17.4 Å². The molecule has 2 rings (SSSR count). The number of sulfonamides is 1. The number of aromatic nitrogens is 3. The third kappa shape index (κ3) is 3.04. The maximum absolute atomic E-state index is 12.2. The van der Waals surface area contributed by atoms with Crippen LogP contribution in [0.1, 0.15) is 5.56 Å². The van der Waals surface area contributed by atoms with Crippen LogP contribution < -0.4 is 5.73 Å². The fourth-order valence-electron chi connectivity index (χ4n) is 1.47. The molecule has 0 atom stereocenters.